The number of carbonyl (C=O) groups excluding carboxylic acids is 1. The van der Waals surface area contributed by atoms with Crippen LogP contribution < -0.4 is 4.90 Å². The zero-order chi connectivity index (χ0) is 23.2. The number of benzene rings is 1. The monoisotopic (exact) mass is 665 g/mol. The van der Waals surface area contributed by atoms with E-state index in [0.29, 0.717) is 55.3 Å². The number of aromatic amines is 1. The first-order chi connectivity index (χ1) is 15.1. The van der Waals surface area contributed by atoms with Gasteiger partial charge in [0.2, 0.25) is 0 Å². The maximum Gasteiger partial charge on any atom is 0.309 e. The second kappa shape index (κ2) is 9.26. The number of anilines is 1. The lowest BCUT2D eigenvalue weighted by atomic mass is 10.1. The molecule has 0 spiro atoms. The van der Waals surface area contributed by atoms with Crippen molar-refractivity contribution >= 4 is 81.5 Å². The van der Waals surface area contributed by atoms with Crippen LogP contribution in [0.2, 0.25) is 0 Å². The molecule has 0 saturated carbocycles. The van der Waals surface area contributed by atoms with Crippen molar-refractivity contribution in [2.24, 2.45) is 0 Å². The number of carbonyl (C=O) groups is 1. The smallest absolute Gasteiger partial charge is 0.309 e. The van der Waals surface area contributed by atoms with Gasteiger partial charge in [-0.2, -0.15) is 12.7 Å². The topological polar surface area (TPSA) is 91.3 Å². The lowest BCUT2D eigenvalue weighted by Gasteiger charge is -2.26. The fraction of sp³-hybridized carbons (Fsp3) is 0.263. The normalized spacial score (nSPS) is 14.1. The maximum atomic E-state index is 13.4. The minimum absolute atomic E-state index is 0.294. The molecule has 8 nitrogen and oxygen atoms in total. The van der Waals surface area contributed by atoms with Crippen LogP contribution in [0.25, 0.3) is 0 Å². The Bertz CT molecular complexity index is 1290. The van der Waals surface area contributed by atoms with Crippen LogP contribution in [0.3, 0.4) is 0 Å². The third-order valence-corrected chi connectivity index (χ3v) is 11.0. The van der Waals surface area contributed by atoms with Gasteiger partial charge in [0.1, 0.15) is 5.69 Å². The van der Waals surface area contributed by atoms with E-state index in [0.717, 1.165) is 9.20 Å². The number of aromatic nitrogens is 3. The third kappa shape index (κ3) is 4.23. The Morgan fingerprint density at radius 3 is 2.44 bits per heavy atom. The first-order valence-electron chi connectivity index (χ1n) is 9.44. The summed E-state index contributed by atoms with van der Waals surface area (Å²) < 4.78 is 30.8. The van der Waals surface area contributed by atoms with E-state index >= 15 is 0 Å². The number of fused-ring (bicyclic) bond motifs is 1. The van der Waals surface area contributed by atoms with Gasteiger partial charge in [0.05, 0.1) is 19.2 Å². The van der Waals surface area contributed by atoms with Crippen molar-refractivity contribution in [3.63, 3.8) is 0 Å². The van der Waals surface area contributed by atoms with Crippen LogP contribution in [0, 0.1) is 0 Å². The molecule has 0 fully saturated rings. The van der Waals surface area contributed by atoms with E-state index in [9.17, 15) is 13.2 Å². The fourth-order valence-electron chi connectivity index (χ4n) is 3.31. The average Bonchev–Trinajstić information content (AvgIpc) is 3.26. The van der Waals surface area contributed by atoms with Crippen LogP contribution in [-0.4, -0.2) is 53.2 Å². The number of imidazole rings is 1. The summed E-state index contributed by atoms with van der Waals surface area (Å²) in [6.07, 6.45) is 1.11. The van der Waals surface area contributed by atoms with Gasteiger partial charge in [-0.15, -0.1) is 0 Å². The van der Waals surface area contributed by atoms with Gasteiger partial charge < -0.3 is 4.98 Å². The lowest BCUT2D eigenvalue weighted by Crippen LogP contribution is -2.37. The summed E-state index contributed by atoms with van der Waals surface area (Å²) >= 11 is 11.5. The van der Waals surface area contributed by atoms with E-state index < -0.39 is 10.2 Å². The van der Waals surface area contributed by atoms with E-state index in [1.807, 2.05) is 30.3 Å². The van der Waals surface area contributed by atoms with Crippen LogP contribution in [0.15, 0.2) is 53.9 Å². The highest BCUT2D eigenvalue weighted by molar-refractivity contribution is 9.14. The molecule has 4 rings (SSSR count). The Morgan fingerprint density at radius 1 is 1.16 bits per heavy atom. The molecule has 170 valence electrons. The predicted molar refractivity (Wildman–Crippen MR) is 135 cm³/mol. The summed E-state index contributed by atoms with van der Waals surface area (Å²) in [5, 5.41) is 0.294. The van der Waals surface area contributed by atoms with Crippen LogP contribution >= 0.6 is 59.6 Å². The van der Waals surface area contributed by atoms with E-state index in [1.165, 1.54) is 34.7 Å². The van der Waals surface area contributed by atoms with Crippen molar-refractivity contribution in [2.45, 2.75) is 22.9 Å². The molecule has 2 aromatic heterocycles. The number of halogens is 3. The number of hydrogen-bond donors (Lipinski definition) is 1. The number of amides is 1. The summed E-state index contributed by atoms with van der Waals surface area (Å²) in [5.74, 6) is 0.0613. The molecule has 0 saturated heterocycles. The Kier molecular flexibility index (Phi) is 6.95. The highest BCUT2D eigenvalue weighted by Gasteiger charge is 2.36. The van der Waals surface area contributed by atoms with Gasteiger partial charge >= 0.3 is 10.2 Å². The number of nitrogens with zero attached hydrogens (tertiary/aromatic N) is 4. The Balaban J connectivity index is 1.85. The highest BCUT2D eigenvalue weighted by Crippen LogP contribution is 2.39. The predicted octanol–water partition coefficient (Wildman–Crippen LogP) is 4.90. The molecular formula is C19H18Br3N5O3S2. The van der Waals surface area contributed by atoms with E-state index in [2.05, 4.69) is 57.8 Å². The fourth-order valence-corrected chi connectivity index (χ4v) is 6.98. The number of H-pyrrole nitrogens is 1. The van der Waals surface area contributed by atoms with Gasteiger partial charge in [0.15, 0.2) is 11.0 Å². The average molecular weight is 668 g/mol. The molecule has 0 bridgehead atoms. The lowest BCUT2D eigenvalue weighted by molar-refractivity contribution is 0.0979. The van der Waals surface area contributed by atoms with E-state index in [4.69, 9.17) is 0 Å². The molecule has 3 aromatic rings. The van der Waals surface area contributed by atoms with Crippen molar-refractivity contribution in [1.82, 2.24) is 18.2 Å². The summed E-state index contributed by atoms with van der Waals surface area (Å²) in [4.78, 5) is 23.5. The SMILES string of the molecule is CN(C)S(=O)(=O)n1c(Sc2ccccc2)nc2c1CCCN2C(=O)c1[nH]c(Br)c(Br)c1Br. The summed E-state index contributed by atoms with van der Waals surface area (Å²) in [6.45, 7) is 0.432. The quantitative estimate of drug-likeness (QED) is 0.418. The first kappa shape index (κ1) is 24.0. The van der Waals surface area contributed by atoms with Crippen LogP contribution in [-0.2, 0) is 16.6 Å². The third-order valence-electron chi connectivity index (χ3n) is 4.87. The Morgan fingerprint density at radius 2 is 1.84 bits per heavy atom. The number of hydrogen-bond acceptors (Lipinski definition) is 5. The van der Waals surface area contributed by atoms with Gasteiger partial charge in [0.25, 0.3) is 5.91 Å². The summed E-state index contributed by atoms with van der Waals surface area (Å²) in [5.41, 5.74) is 0.844. The molecule has 1 amide bonds. The molecule has 1 aliphatic heterocycles. The van der Waals surface area contributed by atoms with E-state index in [-0.39, 0.29) is 5.91 Å². The van der Waals surface area contributed by atoms with Gasteiger partial charge in [0, 0.05) is 25.5 Å². The zero-order valence-corrected chi connectivity index (χ0v) is 23.4. The van der Waals surface area contributed by atoms with E-state index in [1.54, 1.807) is 0 Å². The van der Waals surface area contributed by atoms with Crippen LogP contribution in [0.1, 0.15) is 22.6 Å². The maximum absolute atomic E-state index is 13.4. The summed E-state index contributed by atoms with van der Waals surface area (Å²) in [7, 11) is -0.890. The second-order valence-electron chi connectivity index (χ2n) is 7.14. The van der Waals surface area contributed by atoms with Gasteiger partial charge in [-0.25, -0.2) is 8.96 Å². The molecule has 13 heteroatoms. The van der Waals surface area contributed by atoms with Crippen molar-refractivity contribution in [1.29, 1.82) is 0 Å². The zero-order valence-electron chi connectivity index (χ0n) is 17.0. The van der Waals surface area contributed by atoms with Crippen molar-refractivity contribution in [3.8, 4) is 0 Å². The minimum atomic E-state index is -3.85. The van der Waals surface area contributed by atoms with Crippen molar-refractivity contribution < 1.29 is 13.2 Å². The van der Waals surface area contributed by atoms with Gasteiger partial charge in [-0.05, 0) is 72.8 Å². The van der Waals surface area contributed by atoms with Crippen LogP contribution in [0.4, 0.5) is 5.82 Å². The highest BCUT2D eigenvalue weighted by atomic mass is 79.9. The molecule has 0 aliphatic carbocycles. The number of rotatable bonds is 5. The standard InChI is InChI=1S/C19H18Br3N5O3S2/c1-25(2)32(29,30)27-12-9-6-10-26(18(28)15-13(20)14(21)16(22)23-15)17(12)24-19(27)31-11-7-4-3-5-8-11/h3-5,7-8,23H,6,9-10H2,1-2H3. The molecule has 0 unspecified atom stereocenters. The van der Waals surface area contributed by atoms with Crippen LogP contribution in [0.5, 0.6) is 0 Å². The molecule has 1 aliphatic rings. The molecule has 1 N–H and O–H groups in total. The molecule has 0 radical (unpaired) electrons. The largest absolute Gasteiger partial charge is 0.343 e. The Labute approximate surface area is 215 Å². The number of nitrogens with one attached hydrogen (secondary N) is 1. The van der Waals surface area contributed by atoms with Gasteiger partial charge in [-0.1, -0.05) is 30.0 Å². The van der Waals surface area contributed by atoms with Crippen molar-refractivity contribution in [3.05, 3.63) is 55.3 Å². The van der Waals surface area contributed by atoms with Gasteiger partial charge in [-0.3, -0.25) is 9.69 Å². The molecule has 32 heavy (non-hydrogen) atoms. The molecule has 3 heterocycles. The Hall–Kier alpha value is -1.12. The van der Waals surface area contributed by atoms with Crippen molar-refractivity contribution in [2.75, 3.05) is 25.5 Å². The molecule has 1 aromatic carbocycles. The molecule has 0 atom stereocenters. The summed E-state index contributed by atoms with van der Waals surface area (Å²) in [6, 6.07) is 9.43. The molecular weight excluding hydrogens is 650 g/mol. The first-order valence-corrected chi connectivity index (χ1v) is 14.0. The second-order valence-corrected chi connectivity index (χ2v) is 12.5. The minimum Gasteiger partial charge on any atom is -0.343 e.